The molecule has 0 aromatic heterocycles. The average molecular weight is 385 g/mol. The van der Waals surface area contributed by atoms with Crippen LogP contribution in [-0.2, 0) is 14.3 Å². The van der Waals surface area contributed by atoms with Crippen molar-refractivity contribution < 1.29 is 14.3 Å². The molecule has 5 nitrogen and oxygen atoms in total. The number of aryl methyl sites for hydroxylation is 2. The van der Waals surface area contributed by atoms with Gasteiger partial charge in [-0.15, -0.1) is 0 Å². The van der Waals surface area contributed by atoms with Crippen LogP contribution in [0.2, 0.25) is 5.02 Å². The van der Waals surface area contributed by atoms with Gasteiger partial charge in [-0.1, -0.05) is 47.5 Å². The third kappa shape index (κ3) is 3.89. The highest BCUT2D eigenvalue weighted by Crippen LogP contribution is 2.31. The molecule has 1 aliphatic rings. The third-order valence-corrected chi connectivity index (χ3v) is 4.88. The summed E-state index contributed by atoms with van der Waals surface area (Å²) in [5.41, 5.74) is 3.96. The maximum Gasteiger partial charge on any atom is 0.278 e. The van der Waals surface area contributed by atoms with Gasteiger partial charge in [-0.25, -0.2) is 0 Å². The SMILES string of the molecule is COCCN1C(=O)C(Nc2ccc(C)c(Cl)c2)=C(c2ccc(C)cc2)C1=O. The van der Waals surface area contributed by atoms with Gasteiger partial charge in [-0.2, -0.15) is 0 Å². The van der Waals surface area contributed by atoms with E-state index in [-0.39, 0.29) is 30.7 Å². The van der Waals surface area contributed by atoms with Crippen LogP contribution in [0.25, 0.3) is 5.57 Å². The number of hydrogen-bond acceptors (Lipinski definition) is 4. The Kier molecular flexibility index (Phi) is 5.63. The lowest BCUT2D eigenvalue weighted by Gasteiger charge is -2.14. The van der Waals surface area contributed by atoms with Gasteiger partial charge in [-0.05, 0) is 37.1 Å². The number of carbonyl (C=O) groups is 2. The predicted molar refractivity (Wildman–Crippen MR) is 107 cm³/mol. The monoisotopic (exact) mass is 384 g/mol. The molecule has 0 atom stereocenters. The molecule has 0 aliphatic carbocycles. The summed E-state index contributed by atoms with van der Waals surface area (Å²) < 4.78 is 5.04. The lowest BCUT2D eigenvalue weighted by Crippen LogP contribution is -2.35. The summed E-state index contributed by atoms with van der Waals surface area (Å²) in [6.45, 7) is 4.35. The number of carbonyl (C=O) groups excluding carboxylic acids is 2. The highest BCUT2D eigenvalue weighted by Gasteiger charge is 2.38. The van der Waals surface area contributed by atoms with E-state index in [2.05, 4.69) is 5.32 Å². The molecule has 27 heavy (non-hydrogen) atoms. The fourth-order valence-corrected chi connectivity index (χ4v) is 3.06. The number of hydrogen-bond donors (Lipinski definition) is 1. The van der Waals surface area contributed by atoms with Crippen LogP contribution in [0.1, 0.15) is 16.7 Å². The van der Waals surface area contributed by atoms with Crippen LogP contribution in [0.15, 0.2) is 48.2 Å². The fourth-order valence-electron chi connectivity index (χ4n) is 2.88. The summed E-state index contributed by atoms with van der Waals surface area (Å²) in [5.74, 6) is -0.703. The highest BCUT2D eigenvalue weighted by molar-refractivity contribution is 6.36. The van der Waals surface area contributed by atoms with Gasteiger partial charge in [0.2, 0.25) is 0 Å². The summed E-state index contributed by atoms with van der Waals surface area (Å²) in [5, 5.41) is 3.69. The van der Waals surface area contributed by atoms with E-state index in [4.69, 9.17) is 16.3 Å². The van der Waals surface area contributed by atoms with Gasteiger partial charge in [0.15, 0.2) is 0 Å². The Morgan fingerprint density at radius 3 is 2.37 bits per heavy atom. The second-order valence-electron chi connectivity index (χ2n) is 6.46. The van der Waals surface area contributed by atoms with Gasteiger partial charge in [0.1, 0.15) is 5.70 Å². The van der Waals surface area contributed by atoms with Crippen LogP contribution in [0.4, 0.5) is 5.69 Å². The summed E-state index contributed by atoms with van der Waals surface area (Å²) in [6.07, 6.45) is 0. The van der Waals surface area contributed by atoms with Crippen molar-refractivity contribution in [2.24, 2.45) is 0 Å². The number of rotatable bonds is 6. The van der Waals surface area contributed by atoms with Crippen molar-refractivity contribution in [1.29, 1.82) is 0 Å². The molecular formula is C21H21ClN2O3. The van der Waals surface area contributed by atoms with E-state index in [1.165, 1.54) is 12.0 Å². The molecule has 0 spiro atoms. The van der Waals surface area contributed by atoms with Crippen LogP contribution >= 0.6 is 11.6 Å². The quantitative estimate of drug-likeness (QED) is 0.770. The minimum atomic E-state index is -0.371. The van der Waals surface area contributed by atoms with Gasteiger partial charge in [0.05, 0.1) is 18.7 Å². The number of amides is 2. The van der Waals surface area contributed by atoms with E-state index in [9.17, 15) is 9.59 Å². The molecule has 6 heteroatoms. The first-order valence-electron chi connectivity index (χ1n) is 8.62. The number of methoxy groups -OCH3 is 1. The Morgan fingerprint density at radius 2 is 1.74 bits per heavy atom. The van der Waals surface area contributed by atoms with Crippen molar-refractivity contribution in [2.45, 2.75) is 13.8 Å². The minimum Gasteiger partial charge on any atom is -0.383 e. The molecule has 1 aliphatic heterocycles. The normalized spacial score (nSPS) is 14.3. The van der Waals surface area contributed by atoms with E-state index in [1.807, 2.05) is 50.2 Å². The van der Waals surface area contributed by atoms with Gasteiger partial charge in [0.25, 0.3) is 11.8 Å². The van der Waals surface area contributed by atoms with E-state index in [0.717, 1.165) is 11.1 Å². The van der Waals surface area contributed by atoms with Crippen molar-refractivity contribution in [3.63, 3.8) is 0 Å². The Morgan fingerprint density at radius 1 is 1.04 bits per heavy atom. The van der Waals surface area contributed by atoms with Gasteiger partial charge in [0, 0.05) is 17.8 Å². The first-order chi connectivity index (χ1) is 12.9. The number of nitrogens with zero attached hydrogens (tertiary/aromatic N) is 1. The molecule has 140 valence electrons. The molecule has 0 saturated carbocycles. The number of halogens is 1. The second-order valence-corrected chi connectivity index (χ2v) is 6.87. The first-order valence-corrected chi connectivity index (χ1v) is 8.99. The van der Waals surface area contributed by atoms with E-state index in [1.54, 1.807) is 6.07 Å². The molecule has 0 fully saturated rings. The van der Waals surface area contributed by atoms with Crippen LogP contribution in [0.3, 0.4) is 0 Å². The van der Waals surface area contributed by atoms with Crippen molar-refractivity contribution in [1.82, 2.24) is 4.90 Å². The maximum atomic E-state index is 13.0. The van der Waals surface area contributed by atoms with E-state index in [0.29, 0.717) is 21.8 Å². The number of anilines is 1. The topological polar surface area (TPSA) is 58.6 Å². The molecule has 2 amide bonds. The zero-order chi connectivity index (χ0) is 19.6. The molecule has 1 heterocycles. The van der Waals surface area contributed by atoms with Gasteiger partial charge >= 0.3 is 0 Å². The van der Waals surface area contributed by atoms with Crippen LogP contribution in [0.5, 0.6) is 0 Å². The lowest BCUT2D eigenvalue weighted by atomic mass is 10.0. The van der Waals surface area contributed by atoms with Crippen molar-refractivity contribution in [3.05, 3.63) is 69.9 Å². The number of imide groups is 1. The van der Waals surface area contributed by atoms with E-state index < -0.39 is 0 Å². The average Bonchev–Trinajstić information content (AvgIpc) is 2.87. The first kappa shape index (κ1) is 19.1. The molecule has 0 bridgehead atoms. The van der Waals surface area contributed by atoms with Crippen LogP contribution < -0.4 is 5.32 Å². The van der Waals surface area contributed by atoms with Crippen LogP contribution in [0, 0.1) is 13.8 Å². The van der Waals surface area contributed by atoms with Gasteiger partial charge in [-0.3, -0.25) is 14.5 Å². The number of nitrogens with one attached hydrogen (secondary N) is 1. The van der Waals surface area contributed by atoms with E-state index >= 15 is 0 Å². The van der Waals surface area contributed by atoms with Gasteiger partial charge < -0.3 is 10.1 Å². The Balaban J connectivity index is 2.04. The number of benzene rings is 2. The lowest BCUT2D eigenvalue weighted by molar-refractivity contribution is -0.137. The molecule has 0 unspecified atom stereocenters. The molecule has 2 aromatic carbocycles. The smallest absolute Gasteiger partial charge is 0.278 e. The molecule has 0 radical (unpaired) electrons. The zero-order valence-corrected chi connectivity index (χ0v) is 16.3. The Labute approximate surface area is 163 Å². The Hall–Kier alpha value is -2.63. The maximum absolute atomic E-state index is 13.0. The third-order valence-electron chi connectivity index (χ3n) is 4.47. The van der Waals surface area contributed by atoms with Crippen LogP contribution in [-0.4, -0.2) is 37.0 Å². The fraction of sp³-hybridized carbons (Fsp3) is 0.238. The zero-order valence-electron chi connectivity index (χ0n) is 15.5. The predicted octanol–water partition coefficient (Wildman–Crippen LogP) is 3.80. The number of ether oxygens (including phenoxy) is 1. The molecule has 1 N–H and O–H groups in total. The minimum absolute atomic E-state index is 0.198. The molecular weight excluding hydrogens is 364 g/mol. The summed E-state index contributed by atoms with van der Waals surface area (Å²) in [6, 6.07) is 13.0. The standard InChI is InChI=1S/C21H21ClN2O3/c1-13-4-7-15(8-5-13)18-19(21(26)24(20(18)25)10-11-27-3)23-16-9-6-14(2)17(22)12-16/h4-9,12,23H,10-11H2,1-3H3. The molecule has 2 aromatic rings. The summed E-state index contributed by atoms with van der Waals surface area (Å²) >= 11 is 6.20. The van der Waals surface area contributed by atoms with Crippen molar-refractivity contribution in [2.75, 3.05) is 25.6 Å². The molecule has 3 rings (SSSR count). The largest absolute Gasteiger partial charge is 0.383 e. The summed E-state index contributed by atoms with van der Waals surface area (Å²) in [4.78, 5) is 27.1. The second kappa shape index (κ2) is 7.94. The summed E-state index contributed by atoms with van der Waals surface area (Å²) in [7, 11) is 1.53. The van der Waals surface area contributed by atoms with Crippen molar-refractivity contribution in [3.8, 4) is 0 Å². The highest BCUT2D eigenvalue weighted by atomic mass is 35.5. The van der Waals surface area contributed by atoms with Crippen molar-refractivity contribution >= 4 is 34.7 Å². The Bertz CT molecular complexity index is 920. The molecule has 0 saturated heterocycles.